The first-order chi connectivity index (χ1) is 12.6. The molecule has 1 aromatic heterocycles. The Bertz CT molecular complexity index is 1010. The highest BCUT2D eigenvalue weighted by Gasteiger charge is 2.23. The van der Waals surface area contributed by atoms with E-state index < -0.39 is 0 Å². The van der Waals surface area contributed by atoms with E-state index in [9.17, 15) is 10.5 Å². The normalized spacial score (nSPS) is 10.1. The van der Waals surface area contributed by atoms with Crippen LogP contribution < -0.4 is 10.7 Å². The highest BCUT2D eigenvalue weighted by atomic mass is 32.2. The minimum absolute atomic E-state index is 0.276. The molecule has 0 amide bonds. The summed E-state index contributed by atoms with van der Waals surface area (Å²) < 4.78 is 0. The van der Waals surface area contributed by atoms with Gasteiger partial charge in [-0.1, -0.05) is 71.9 Å². The van der Waals surface area contributed by atoms with Gasteiger partial charge < -0.3 is 0 Å². The van der Waals surface area contributed by atoms with Gasteiger partial charge in [0.25, 0.3) is 5.82 Å². The number of pyridine rings is 1. The molecule has 0 unspecified atom stereocenters. The Morgan fingerprint density at radius 2 is 1.62 bits per heavy atom. The second-order valence-corrected chi connectivity index (χ2v) is 6.84. The maximum absolute atomic E-state index is 9.79. The second kappa shape index (κ2) is 7.74. The van der Waals surface area contributed by atoms with Crippen molar-refractivity contribution in [2.24, 2.45) is 0 Å². The van der Waals surface area contributed by atoms with Gasteiger partial charge in [-0.25, -0.2) is 4.98 Å². The lowest BCUT2D eigenvalue weighted by Crippen LogP contribution is -2.18. The molecule has 5 heteroatoms. The number of nitrogens with zero attached hydrogens (tertiary/aromatic N) is 2. The Balaban J connectivity index is 2.10. The molecule has 3 aromatic rings. The third kappa shape index (κ3) is 3.54. The molecule has 26 heavy (non-hydrogen) atoms. The highest BCUT2D eigenvalue weighted by molar-refractivity contribution is 7.98. The summed E-state index contributed by atoms with van der Waals surface area (Å²) >= 11 is 1.50. The molecule has 0 radical (unpaired) electrons. The van der Waals surface area contributed by atoms with Crippen molar-refractivity contribution < 1.29 is 4.98 Å². The predicted octanol–water partition coefficient (Wildman–Crippen LogP) is 4.09. The lowest BCUT2D eigenvalue weighted by atomic mass is 9.96. The average Bonchev–Trinajstić information content (AvgIpc) is 2.67. The first kappa shape index (κ1) is 17.5. The van der Waals surface area contributed by atoms with Crippen LogP contribution in [-0.4, -0.2) is 0 Å². The number of nitrogens with one attached hydrogen (secondary N) is 1. The maximum Gasteiger partial charge on any atom is 0.289 e. The number of nitrogen functional groups attached to an aromatic ring is 1. The van der Waals surface area contributed by atoms with Gasteiger partial charge in [0.05, 0.1) is 0 Å². The van der Waals surface area contributed by atoms with E-state index in [4.69, 9.17) is 5.73 Å². The van der Waals surface area contributed by atoms with E-state index in [1.165, 1.54) is 11.8 Å². The summed E-state index contributed by atoms with van der Waals surface area (Å²) in [7, 11) is 0. The monoisotopic (exact) mass is 357 g/mol. The minimum Gasteiger partial charge on any atom is -0.286 e. The molecule has 3 N–H and O–H groups in total. The molecule has 0 aliphatic rings. The first-order valence-corrected chi connectivity index (χ1v) is 9.05. The smallest absolute Gasteiger partial charge is 0.286 e. The standard InChI is InChI=1S/C21H16N4S/c1-14-7-9-16(10-8-14)19-17(11-22)20(24)25-21(18(19)12-23)26-13-15-5-3-2-4-6-15/h2-10H,13H2,1H3,(H2,24,25)/p+1. The van der Waals surface area contributed by atoms with Crippen molar-refractivity contribution in [1.82, 2.24) is 0 Å². The van der Waals surface area contributed by atoms with Gasteiger partial charge in [0.2, 0.25) is 0 Å². The van der Waals surface area contributed by atoms with Crippen molar-refractivity contribution in [2.75, 3.05) is 5.73 Å². The molecular formula is C21H17N4S+. The molecule has 0 aliphatic heterocycles. The number of aromatic amines is 1. The Morgan fingerprint density at radius 3 is 2.23 bits per heavy atom. The van der Waals surface area contributed by atoms with Gasteiger partial charge in [-0.15, -0.1) is 0 Å². The minimum atomic E-state index is 0.276. The summed E-state index contributed by atoms with van der Waals surface area (Å²) in [6.45, 7) is 1.99. The van der Waals surface area contributed by atoms with E-state index in [2.05, 4.69) is 17.1 Å². The van der Waals surface area contributed by atoms with Crippen LogP contribution in [0, 0.1) is 29.6 Å². The van der Waals surface area contributed by atoms with E-state index >= 15 is 0 Å². The maximum atomic E-state index is 9.79. The number of anilines is 1. The van der Waals surface area contributed by atoms with Crippen molar-refractivity contribution in [1.29, 1.82) is 10.5 Å². The number of nitriles is 2. The fourth-order valence-corrected chi connectivity index (χ4v) is 3.67. The zero-order valence-electron chi connectivity index (χ0n) is 14.3. The van der Waals surface area contributed by atoms with Gasteiger partial charge >= 0.3 is 0 Å². The van der Waals surface area contributed by atoms with E-state index in [-0.39, 0.29) is 5.82 Å². The van der Waals surface area contributed by atoms with Crippen molar-refractivity contribution >= 4 is 17.6 Å². The average molecular weight is 357 g/mol. The number of aromatic nitrogens is 1. The molecule has 0 fully saturated rings. The van der Waals surface area contributed by atoms with Gasteiger partial charge in [0, 0.05) is 11.3 Å². The second-order valence-electron chi connectivity index (χ2n) is 5.86. The van der Waals surface area contributed by atoms with Crippen LogP contribution in [0.2, 0.25) is 0 Å². The van der Waals surface area contributed by atoms with Gasteiger partial charge in [-0.3, -0.25) is 5.73 Å². The Morgan fingerprint density at radius 1 is 0.962 bits per heavy atom. The van der Waals surface area contributed by atoms with Crippen molar-refractivity contribution in [3.8, 4) is 23.3 Å². The van der Waals surface area contributed by atoms with Crippen LogP contribution in [0.25, 0.3) is 11.1 Å². The highest BCUT2D eigenvalue weighted by Crippen LogP contribution is 2.34. The van der Waals surface area contributed by atoms with Crippen molar-refractivity contribution in [2.45, 2.75) is 17.7 Å². The largest absolute Gasteiger partial charge is 0.289 e. The third-order valence-electron chi connectivity index (χ3n) is 4.03. The SMILES string of the molecule is Cc1ccc(-c2c(C#N)c(N)[nH+]c(SCc3ccccc3)c2C#N)cc1. The van der Waals surface area contributed by atoms with Crippen molar-refractivity contribution in [3.63, 3.8) is 0 Å². The van der Waals surface area contributed by atoms with E-state index in [0.29, 0.717) is 27.5 Å². The van der Waals surface area contributed by atoms with Crippen LogP contribution in [0.15, 0.2) is 59.6 Å². The summed E-state index contributed by atoms with van der Waals surface area (Å²) in [6.07, 6.45) is 0. The first-order valence-electron chi connectivity index (χ1n) is 8.06. The molecule has 2 aromatic carbocycles. The van der Waals surface area contributed by atoms with Crippen LogP contribution in [0.4, 0.5) is 5.82 Å². The van der Waals surface area contributed by atoms with Crippen molar-refractivity contribution in [3.05, 3.63) is 76.9 Å². The number of aryl methyl sites for hydroxylation is 1. The van der Waals surface area contributed by atoms with E-state index in [0.717, 1.165) is 16.7 Å². The van der Waals surface area contributed by atoms with Gasteiger partial charge in [0.1, 0.15) is 23.3 Å². The number of benzene rings is 2. The predicted molar refractivity (Wildman–Crippen MR) is 103 cm³/mol. The number of nitrogens with two attached hydrogens (primary N) is 1. The number of thioether (sulfide) groups is 1. The molecule has 4 nitrogen and oxygen atoms in total. The lowest BCUT2D eigenvalue weighted by molar-refractivity contribution is -0.410. The molecule has 0 aliphatic carbocycles. The third-order valence-corrected chi connectivity index (χ3v) is 5.11. The van der Waals surface area contributed by atoms with Gasteiger partial charge in [0.15, 0.2) is 5.03 Å². The Hall–Kier alpha value is -3.28. The molecule has 3 rings (SSSR count). The Kier molecular flexibility index (Phi) is 5.22. The lowest BCUT2D eigenvalue weighted by Gasteiger charge is -2.10. The quantitative estimate of drug-likeness (QED) is 0.712. The number of rotatable bonds is 4. The van der Waals surface area contributed by atoms with Crippen LogP contribution >= 0.6 is 11.8 Å². The Labute approximate surface area is 156 Å². The molecule has 1 heterocycles. The van der Waals surface area contributed by atoms with Gasteiger partial charge in [-0.05, 0) is 18.1 Å². The van der Waals surface area contributed by atoms with Gasteiger partial charge in [-0.2, -0.15) is 10.5 Å². The van der Waals surface area contributed by atoms with Crippen LogP contribution in [0.5, 0.6) is 0 Å². The van der Waals surface area contributed by atoms with Crippen LogP contribution in [-0.2, 0) is 5.75 Å². The zero-order chi connectivity index (χ0) is 18.5. The molecule has 0 saturated heterocycles. The summed E-state index contributed by atoms with van der Waals surface area (Å²) in [5.41, 5.74) is 10.5. The van der Waals surface area contributed by atoms with E-state index in [1.54, 1.807) is 0 Å². The summed E-state index contributed by atoms with van der Waals surface area (Å²) in [5.74, 6) is 0.975. The van der Waals surface area contributed by atoms with Crippen LogP contribution in [0.3, 0.4) is 0 Å². The molecular weight excluding hydrogens is 340 g/mol. The summed E-state index contributed by atoms with van der Waals surface area (Å²) in [6, 6.07) is 22.1. The molecule has 0 saturated carbocycles. The number of H-pyrrole nitrogens is 1. The fourth-order valence-electron chi connectivity index (χ4n) is 2.69. The topological polar surface area (TPSA) is 87.7 Å². The molecule has 0 bridgehead atoms. The number of hydrogen-bond donors (Lipinski definition) is 1. The zero-order valence-corrected chi connectivity index (χ0v) is 15.1. The molecule has 0 atom stereocenters. The molecule has 0 spiro atoms. The van der Waals surface area contributed by atoms with Crippen LogP contribution in [0.1, 0.15) is 22.3 Å². The molecule has 126 valence electrons. The summed E-state index contributed by atoms with van der Waals surface area (Å²) in [5, 5.41) is 20.0. The fraction of sp³-hybridized carbons (Fsp3) is 0.0952. The summed E-state index contributed by atoms with van der Waals surface area (Å²) in [4.78, 5) is 3.03. The van der Waals surface area contributed by atoms with E-state index in [1.807, 2.05) is 61.5 Å². The number of hydrogen-bond acceptors (Lipinski definition) is 4.